The molecule has 0 amide bonds. The van der Waals surface area contributed by atoms with Crippen molar-refractivity contribution in [2.45, 2.75) is 39.8 Å². The van der Waals surface area contributed by atoms with Crippen LogP contribution in [0.1, 0.15) is 31.9 Å². The maximum atomic E-state index is 6.43. The predicted octanol–water partition coefficient (Wildman–Crippen LogP) is 4.87. The van der Waals surface area contributed by atoms with Gasteiger partial charge in [-0.15, -0.1) is 0 Å². The molecule has 0 fully saturated rings. The second-order valence-corrected chi connectivity index (χ2v) is 6.64. The Balaban J connectivity index is 1.99. The van der Waals surface area contributed by atoms with Gasteiger partial charge in [0.05, 0.1) is 19.8 Å². The van der Waals surface area contributed by atoms with Crippen LogP contribution in [0.3, 0.4) is 0 Å². The lowest BCUT2D eigenvalue weighted by Gasteiger charge is -2.17. The number of rotatable bonds is 10. The molecule has 0 saturated heterocycles. The van der Waals surface area contributed by atoms with Gasteiger partial charge in [0.2, 0.25) is 0 Å². The Kier molecular flexibility index (Phi) is 8.07. The van der Waals surface area contributed by atoms with E-state index in [2.05, 4.69) is 11.4 Å². The third-order valence-corrected chi connectivity index (χ3v) is 4.21. The lowest BCUT2D eigenvalue weighted by molar-refractivity contribution is 0.223. The topological polar surface area (TPSA) is 39.7 Å². The molecule has 0 aliphatic rings. The van der Waals surface area contributed by atoms with Crippen LogP contribution in [-0.4, -0.2) is 26.4 Å². The van der Waals surface area contributed by atoms with Gasteiger partial charge in [0.25, 0.3) is 0 Å². The van der Waals surface area contributed by atoms with E-state index in [0.29, 0.717) is 23.9 Å². The molecule has 0 spiro atoms. The Hall–Kier alpha value is -1.91. The minimum atomic E-state index is 0.0649. The first kappa shape index (κ1) is 20.4. The Morgan fingerprint density at radius 3 is 2.50 bits per heavy atom. The molecule has 2 rings (SSSR count). The summed E-state index contributed by atoms with van der Waals surface area (Å²) in [4.78, 5) is 0. The Morgan fingerprint density at radius 2 is 1.81 bits per heavy atom. The van der Waals surface area contributed by atoms with Crippen LogP contribution in [0.4, 0.5) is 0 Å². The first-order valence-corrected chi connectivity index (χ1v) is 9.37. The van der Waals surface area contributed by atoms with Gasteiger partial charge < -0.3 is 19.5 Å². The van der Waals surface area contributed by atoms with Crippen molar-refractivity contribution >= 4 is 11.6 Å². The molecule has 0 bridgehead atoms. The summed E-state index contributed by atoms with van der Waals surface area (Å²) in [5.41, 5.74) is 2.18. The molecule has 0 atom stereocenters. The van der Waals surface area contributed by atoms with E-state index in [9.17, 15) is 0 Å². The number of ether oxygens (including phenoxy) is 3. The summed E-state index contributed by atoms with van der Waals surface area (Å²) in [5, 5.41) is 4.11. The summed E-state index contributed by atoms with van der Waals surface area (Å²) >= 11 is 6.43. The summed E-state index contributed by atoms with van der Waals surface area (Å²) in [7, 11) is 1.70. The number of nitrogens with one attached hydrogen (secondary N) is 1. The average molecular weight is 378 g/mol. The van der Waals surface area contributed by atoms with Gasteiger partial charge in [-0.1, -0.05) is 29.8 Å². The van der Waals surface area contributed by atoms with Gasteiger partial charge in [-0.2, -0.15) is 0 Å². The standard InChI is InChI=1S/C21H28ClNO3/c1-5-25-20-12-17(18(22)13-21(20)26-15(2)3)14-23-11-10-16-8-6-7-9-19(16)24-4/h6-9,12-13,15,23H,5,10-11,14H2,1-4H3. The predicted molar refractivity (Wildman–Crippen MR) is 107 cm³/mol. The van der Waals surface area contributed by atoms with E-state index < -0.39 is 0 Å². The van der Waals surface area contributed by atoms with Gasteiger partial charge in [0.1, 0.15) is 5.75 Å². The molecule has 142 valence electrons. The van der Waals surface area contributed by atoms with E-state index in [1.165, 1.54) is 5.56 Å². The van der Waals surface area contributed by atoms with Crippen LogP contribution in [0.15, 0.2) is 36.4 Å². The summed E-state index contributed by atoms with van der Waals surface area (Å²) in [6.07, 6.45) is 0.948. The molecule has 0 unspecified atom stereocenters. The minimum absolute atomic E-state index is 0.0649. The first-order valence-electron chi connectivity index (χ1n) is 8.99. The van der Waals surface area contributed by atoms with E-state index in [4.69, 9.17) is 25.8 Å². The molecule has 2 aromatic rings. The Morgan fingerprint density at radius 1 is 1.04 bits per heavy atom. The van der Waals surface area contributed by atoms with Gasteiger partial charge >= 0.3 is 0 Å². The summed E-state index contributed by atoms with van der Waals surface area (Å²) < 4.78 is 16.9. The van der Waals surface area contributed by atoms with Crippen molar-refractivity contribution in [2.24, 2.45) is 0 Å². The maximum Gasteiger partial charge on any atom is 0.163 e. The molecule has 2 aromatic carbocycles. The number of benzene rings is 2. The van der Waals surface area contributed by atoms with Crippen LogP contribution in [0.25, 0.3) is 0 Å². The normalized spacial score (nSPS) is 10.8. The first-order chi connectivity index (χ1) is 12.5. The second kappa shape index (κ2) is 10.3. The summed E-state index contributed by atoms with van der Waals surface area (Å²) in [5.74, 6) is 2.33. The van der Waals surface area contributed by atoms with Crippen LogP contribution >= 0.6 is 11.6 Å². The third kappa shape index (κ3) is 5.82. The van der Waals surface area contributed by atoms with Crippen LogP contribution in [-0.2, 0) is 13.0 Å². The molecule has 0 saturated carbocycles. The number of methoxy groups -OCH3 is 1. The van der Waals surface area contributed by atoms with Crippen molar-refractivity contribution in [1.29, 1.82) is 0 Å². The molecule has 5 heteroatoms. The number of para-hydroxylation sites is 1. The van der Waals surface area contributed by atoms with Crippen LogP contribution < -0.4 is 19.5 Å². The highest BCUT2D eigenvalue weighted by Crippen LogP contribution is 2.34. The van der Waals surface area contributed by atoms with E-state index >= 15 is 0 Å². The monoisotopic (exact) mass is 377 g/mol. The molecule has 0 aliphatic heterocycles. The fourth-order valence-electron chi connectivity index (χ4n) is 2.68. The molecule has 0 radical (unpaired) electrons. The second-order valence-electron chi connectivity index (χ2n) is 6.23. The van der Waals surface area contributed by atoms with Crippen molar-refractivity contribution in [2.75, 3.05) is 20.3 Å². The molecule has 1 N–H and O–H groups in total. The van der Waals surface area contributed by atoms with Crippen molar-refractivity contribution in [3.63, 3.8) is 0 Å². The fourth-order valence-corrected chi connectivity index (χ4v) is 2.90. The summed E-state index contributed by atoms with van der Waals surface area (Å²) in [6.45, 7) is 7.99. The molecule has 0 aromatic heterocycles. The lowest BCUT2D eigenvalue weighted by atomic mass is 10.1. The van der Waals surface area contributed by atoms with E-state index in [1.54, 1.807) is 7.11 Å². The zero-order valence-electron chi connectivity index (χ0n) is 16.0. The third-order valence-electron chi connectivity index (χ3n) is 3.85. The summed E-state index contributed by atoms with van der Waals surface area (Å²) in [6, 6.07) is 11.9. The van der Waals surface area contributed by atoms with Crippen LogP contribution in [0, 0.1) is 0 Å². The molecular formula is C21H28ClNO3. The zero-order chi connectivity index (χ0) is 18.9. The van der Waals surface area contributed by atoms with Crippen LogP contribution in [0.2, 0.25) is 5.02 Å². The largest absolute Gasteiger partial charge is 0.496 e. The maximum absolute atomic E-state index is 6.43. The van der Waals surface area contributed by atoms with Crippen molar-refractivity contribution in [1.82, 2.24) is 5.32 Å². The van der Waals surface area contributed by atoms with E-state index in [1.807, 2.05) is 51.1 Å². The number of hydrogen-bond acceptors (Lipinski definition) is 4. The smallest absolute Gasteiger partial charge is 0.163 e. The van der Waals surface area contributed by atoms with Gasteiger partial charge in [-0.25, -0.2) is 0 Å². The van der Waals surface area contributed by atoms with Gasteiger partial charge in [0, 0.05) is 17.6 Å². The molecule has 26 heavy (non-hydrogen) atoms. The molecular weight excluding hydrogens is 350 g/mol. The number of halogens is 1. The van der Waals surface area contributed by atoms with Gasteiger partial charge in [-0.05, 0) is 57.0 Å². The minimum Gasteiger partial charge on any atom is -0.496 e. The molecule has 4 nitrogen and oxygen atoms in total. The fraction of sp³-hybridized carbons (Fsp3) is 0.429. The Bertz CT molecular complexity index is 704. The lowest BCUT2D eigenvalue weighted by Crippen LogP contribution is -2.17. The van der Waals surface area contributed by atoms with Gasteiger partial charge in [0.15, 0.2) is 11.5 Å². The van der Waals surface area contributed by atoms with Crippen LogP contribution in [0.5, 0.6) is 17.2 Å². The van der Waals surface area contributed by atoms with E-state index in [0.717, 1.165) is 30.0 Å². The SMILES string of the molecule is CCOc1cc(CNCCc2ccccc2OC)c(Cl)cc1OC(C)C. The highest BCUT2D eigenvalue weighted by atomic mass is 35.5. The molecule has 0 aliphatic carbocycles. The average Bonchev–Trinajstić information content (AvgIpc) is 2.62. The van der Waals surface area contributed by atoms with Gasteiger partial charge in [-0.3, -0.25) is 0 Å². The van der Waals surface area contributed by atoms with Crippen molar-refractivity contribution in [3.8, 4) is 17.2 Å². The van der Waals surface area contributed by atoms with Crippen molar-refractivity contribution < 1.29 is 14.2 Å². The number of hydrogen-bond donors (Lipinski definition) is 1. The Labute approximate surface area is 161 Å². The highest BCUT2D eigenvalue weighted by Gasteiger charge is 2.12. The highest BCUT2D eigenvalue weighted by molar-refractivity contribution is 6.31. The van der Waals surface area contributed by atoms with E-state index in [-0.39, 0.29) is 6.10 Å². The zero-order valence-corrected chi connectivity index (χ0v) is 16.7. The van der Waals surface area contributed by atoms with Crippen molar-refractivity contribution in [3.05, 3.63) is 52.5 Å². The quantitative estimate of drug-likeness (QED) is 0.600. The molecule has 0 heterocycles.